The topological polar surface area (TPSA) is 75.8 Å². The van der Waals surface area contributed by atoms with Crippen LogP contribution in [-0.2, 0) is 0 Å². The molecular weight excluding hydrogens is 248 g/mol. The van der Waals surface area contributed by atoms with Gasteiger partial charge in [-0.3, -0.25) is 10.1 Å². The number of benzene rings is 1. The van der Waals surface area contributed by atoms with Gasteiger partial charge in [-0.25, -0.2) is 0 Å². The van der Waals surface area contributed by atoms with E-state index in [9.17, 15) is 15.2 Å². The summed E-state index contributed by atoms with van der Waals surface area (Å²) in [6, 6.07) is 6.29. The Morgan fingerprint density at radius 1 is 1.42 bits per heavy atom. The van der Waals surface area contributed by atoms with Crippen molar-refractivity contribution in [3.63, 3.8) is 0 Å². The minimum Gasteiger partial charge on any atom is -0.485 e. The van der Waals surface area contributed by atoms with E-state index in [0.717, 1.165) is 0 Å². The van der Waals surface area contributed by atoms with Gasteiger partial charge in [-0.15, -0.1) is 0 Å². The van der Waals surface area contributed by atoms with Gasteiger partial charge in [0.05, 0.1) is 10.5 Å². The molecule has 1 aromatic rings. The Bertz CT molecular complexity index is 429. The molecule has 1 N–H and O–H groups in total. The van der Waals surface area contributed by atoms with Gasteiger partial charge >= 0.3 is 5.69 Å². The largest absolute Gasteiger partial charge is 0.485 e. The van der Waals surface area contributed by atoms with Crippen molar-refractivity contribution in [1.82, 2.24) is 4.90 Å². The molecule has 19 heavy (non-hydrogen) atoms. The molecule has 0 aliphatic rings. The summed E-state index contributed by atoms with van der Waals surface area (Å²) in [7, 11) is 1.86. The SMILES string of the molecule is CN(CCOc1ccccc1[N+](=O)[O-])CC(C)(C)O. The molecule has 0 saturated carbocycles. The van der Waals surface area contributed by atoms with Gasteiger partial charge < -0.3 is 14.7 Å². The molecular formula is C13H20N2O4. The third kappa shape index (κ3) is 5.67. The van der Waals surface area contributed by atoms with Crippen LogP contribution in [0.1, 0.15) is 13.8 Å². The predicted molar refractivity (Wildman–Crippen MR) is 72.4 cm³/mol. The Morgan fingerprint density at radius 3 is 2.63 bits per heavy atom. The molecule has 0 aromatic heterocycles. The number of nitrogens with zero attached hydrogens (tertiary/aromatic N) is 2. The lowest BCUT2D eigenvalue weighted by Gasteiger charge is -2.25. The lowest BCUT2D eigenvalue weighted by molar-refractivity contribution is -0.385. The Hall–Kier alpha value is -1.66. The second-order valence-electron chi connectivity index (χ2n) is 5.12. The second-order valence-corrected chi connectivity index (χ2v) is 5.12. The van der Waals surface area contributed by atoms with Gasteiger partial charge in [0, 0.05) is 19.2 Å². The van der Waals surface area contributed by atoms with Gasteiger partial charge in [-0.1, -0.05) is 12.1 Å². The molecule has 6 heteroatoms. The Balaban J connectivity index is 2.48. The minimum absolute atomic E-state index is 0.0346. The first-order valence-corrected chi connectivity index (χ1v) is 6.07. The van der Waals surface area contributed by atoms with Crippen molar-refractivity contribution in [3.05, 3.63) is 34.4 Å². The Labute approximate surface area is 112 Å². The lowest BCUT2D eigenvalue weighted by atomic mass is 10.1. The average Bonchev–Trinajstić information content (AvgIpc) is 2.27. The maximum atomic E-state index is 10.8. The number of hydrogen-bond acceptors (Lipinski definition) is 5. The molecule has 0 heterocycles. The van der Waals surface area contributed by atoms with Crippen LogP contribution in [0.2, 0.25) is 0 Å². The van der Waals surface area contributed by atoms with E-state index in [1.54, 1.807) is 32.0 Å². The minimum atomic E-state index is -0.770. The van der Waals surface area contributed by atoms with Gasteiger partial charge in [0.2, 0.25) is 0 Å². The first-order chi connectivity index (χ1) is 8.79. The fourth-order valence-corrected chi connectivity index (χ4v) is 1.78. The van der Waals surface area contributed by atoms with Crippen LogP contribution in [0.3, 0.4) is 0 Å². The second kappa shape index (κ2) is 6.49. The van der Waals surface area contributed by atoms with Gasteiger partial charge in [-0.2, -0.15) is 0 Å². The van der Waals surface area contributed by atoms with E-state index >= 15 is 0 Å². The summed E-state index contributed by atoms with van der Waals surface area (Å²) in [5, 5.41) is 20.4. The molecule has 0 atom stereocenters. The van der Waals surface area contributed by atoms with Crippen LogP contribution in [0, 0.1) is 10.1 Å². The van der Waals surface area contributed by atoms with Crippen LogP contribution in [0.15, 0.2) is 24.3 Å². The molecule has 0 saturated heterocycles. The first-order valence-electron chi connectivity index (χ1n) is 6.07. The molecule has 0 amide bonds. The zero-order chi connectivity index (χ0) is 14.5. The molecule has 0 unspecified atom stereocenters. The van der Waals surface area contributed by atoms with Crippen molar-refractivity contribution in [2.24, 2.45) is 0 Å². The van der Waals surface area contributed by atoms with Crippen LogP contribution in [0.5, 0.6) is 5.75 Å². The Kier molecular flexibility index (Phi) is 5.26. The van der Waals surface area contributed by atoms with E-state index in [2.05, 4.69) is 0 Å². The van der Waals surface area contributed by atoms with E-state index < -0.39 is 10.5 Å². The van der Waals surface area contributed by atoms with Gasteiger partial charge in [0.15, 0.2) is 5.75 Å². The summed E-state index contributed by atoms with van der Waals surface area (Å²) in [5.74, 6) is 0.268. The molecule has 0 radical (unpaired) electrons. The third-order valence-electron chi connectivity index (χ3n) is 2.45. The third-order valence-corrected chi connectivity index (χ3v) is 2.45. The van der Waals surface area contributed by atoms with E-state index in [0.29, 0.717) is 19.7 Å². The monoisotopic (exact) mass is 268 g/mol. The van der Waals surface area contributed by atoms with Gasteiger partial charge in [-0.05, 0) is 27.0 Å². The number of rotatable bonds is 7. The summed E-state index contributed by atoms with van der Waals surface area (Å²) in [5.41, 5.74) is -0.805. The molecule has 1 aromatic carbocycles. The molecule has 0 spiro atoms. The van der Waals surface area contributed by atoms with Crippen LogP contribution in [0.25, 0.3) is 0 Å². The molecule has 106 valence electrons. The van der Waals surface area contributed by atoms with E-state index in [4.69, 9.17) is 4.74 Å². The molecule has 1 rings (SSSR count). The van der Waals surface area contributed by atoms with Crippen LogP contribution in [-0.4, -0.2) is 47.3 Å². The number of aliphatic hydroxyl groups is 1. The maximum Gasteiger partial charge on any atom is 0.310 e. The van der Waals surface area contributed by atoms with E-state index in [-0.39, 0.29) is 11.4 Å². The lowest BCUT2D eigenvalue weighted by Crippen LogP contribution is -2.38. The number of hydrogen-bond donors (Lipinski definition) is 1. The van der Waals surface area contributed by atoms with Crippen molar-refractivity contribution in [2.45, 2.75) is 19.4 Å². The average molecular weight is 268 g/mol. The highest BCUT2D eigenvalue weighted by Crippen LogP contribution is 2.25. The standard InChI is InChI=1S/C13H20N2O4/c1-13(2,16)10-14(3)8-9-19-12-7-5-4-6-11(12)15(17)18/h4-7,16H,8-10H2,1-3H3. The fourth-order valence-electron chi connectivity index (χ4n) is 1.78. The summed E-state index contributed by atoms with van der Waals surface area (Å²) >= 11 is 0. The normalized spacial score (nSPS) is 11.6. The number of ether oxygens (including phenoxy) is 1. The summed E-state index contributed by atoms with van der Waals surface area (Å²) in [6.45, 7) is 4.87. The molecule has 0 bridgehead atoms. The van der Waals surface area contributed by atoms with Crippen molar-refractivity contribution >= 4 is 5.69 Å². The number of nitro groups is 1. The zero-order valence-corrected chi connectivity index (χ0v) is 11.5. The van der Waals surface area contributed by atoms with Gasteiger partial charge in [0.25, 0.3) is 0 Å². The summed E-state index contributed by atoms with van der Waals surface area (Å²) < 4.78 is 5.42. The van der Waals surface area contributed by atoms with E-state index in [1.807, 2.05) is 11.9 Å². The maximum absolute atomic E-state index is 10.8. The summed E-state index contributed by atoms with van der Waals surface area (Å²) in [4.78, 5) is 12.2. The highest BCUT2D eigenvalue weighted by molar-refractivity contribution is 5.45. The fraction of sp³-hybridized carbons (Fsp3) is 0.538. The number of para-hydroxylation sites is 2. The highest BCUT2D eigenvalue weighted by Gasteiger charge is 2.16. The molecule has 0 aliphatic heterocycles. The number of likely N-dealkylation sites (N-methyl/N-ethyl adjacent to an activating group) is 1. The molecule has 6 nitrogen and oxygen atoms in total. The molecule has 0 fully saturated rings. The van der Waals surface area contributed by atoms with E-state index in [1.165, 1.54) is 6.07 Å². The van der Waals surface area contributed by atoms with Crippen LogP contribution >= 0.6 is 0 Å². The van der Waals surface area contributed by atoms with Gasteiger partial charge in [0.1, 0.15) is 6.61 Å². The van der Waals surface area contributed by atoms with Crippen molar-refractivity contribution in [1.29, 1.82) is 0 Å². The quantitative estimate of drug-likeness (QED) is 0.601. The zero-order valence-electron chi connectivity index (χ0n) is 11.5. The summed E-state index contributed by atoms with van der Waals surface area (Å²) in [6.07, 6.45) is 0. The smallest absolute Gasteiger partial charge is 0.310 e. The predicted octanol–water partition coefficient (Wildman–Crippen LogP) is 1.68. The molecule has 0 aliphatic carbocycles. The number of nitro benzene ring substituents is 1. The van der Waals surface area contributed by atoms with Crippen LogP contribution in [0.4, 0.5) is 5.69 Å². The van der Waals surface area contributed by atoms with Crippen molar-refractivity contribution < 1.29 is 14.8 Å². The highest BCUT2D eigenvalue weighted by atomic mass is 16.6. The van der Waals surface area contributed by atoms with Crippen molar-refractivity contribution in [2.75, 3.05) is 26.7 Å². The van der Waals surface area contributed by atoms with Crippen LogP contribution < -0.4 is 4.74 Å². The van der Waals surface area contributed by atoms with Crippen molar-refractivity contribution in [3.8, 4) is 5.75 Å². The first kappa shape index (κ1) is 15.4. The Morgan fingerprint density at radius 2 is 2.05 bits per heavy atom.